The SMILES string of the molecule is CCc1cc2c(cc1N1CCC(C)CC1)C(C)(C)c1[nH]c3cc(C#N)ccc3c1C2=O. The molecule has 158 valence electrons. The molecule has 1 saturated heterocycles. The maximum absolute atomic E-state index is 13.7. The number of nitriles is 1. The van der Waals surface area contributed by atoms with Crippen LogP contribution in [0.2, 0.25) is 0 Å². The number of aryl methyl sites for hydroxylation is 1. The molecule has 4 nitrogen and oxygen atoms in total. The largest absolute Gasteiger partial charge is 0.371 e. The second-order valence-electron chi connectivity index (χ2n) is 9.75. The molecular weight excluding hydrogens is 382 g/mol. The Morgan fingerprint density at radius 1 is 1.19 bits per heavy atom. The highest BCUT2D eigenvalue weighted by Gasteiger charge is 2.40. The van der Waals surface area contributed by atoms with E-state index in [9.17, 15) is 10.1 Å². The summed E-state index contributed by atoms with van der Waals surface area (Å²) in [5, 5.41) is 10.2. The van der Waals surface area contributed by atoms with Crippen LogP contribution in [0.15, 0.2) is 30.3 Å². The van der Waals surface area contributed by atoms with Crippen molar-refractivity contribution in [1.82, 2.24) is 4.98 Å². The minimum atomic E-state index is -0.325. The van der Waals surface area contributed by atoms with Gasteiger partial charge in [-0.15, -0.1) is 0 Å². The van der Waals surface area contributed by atoms with Crippen LogP contribution in [0.4, 0.5) is 5.69 Å². The first-order chi connectivity index (χ1) is 14.8. The van der Waals surface area contributed by atoms with Crippen LogP contribution >= 0.6 is 0 Å². The number of benzene rings is 2. The molecular formula is C27H29N3O. The fourth-order valence-corrected chi connectivity index (χ4v) is 5.41. The lowest BCUT2D eigenvalue weighted by atomic mass is 9.70. The number of H-pyrrole nitrogens is 1. The van der Waals surface area contributed by atoms with Crippen LogP contribution in [-0.2, 0) is 11.8 Å². The van der Waals surface area contributed by atoms with Crippen LogP contribution in [0.3, 0.4) is 0 Å². The Morgan fingerprint density at radius 2 is 1.94 bits per heavy atom. The molecule has 0 bridgehead atoms. The highest BCUT2D eigenvalue weighted by Crippen LogP contribution is 2.46. The molecule has 1 N–H and O–H groups in total. The molecule has 0 saturated carbocycles. The topological polar surface area (TPSA) is 59.9 Å². The third-order valence-electron chi connectivity index (χ3n) is 7.42. The number of hydrogen-bond acceptors (Lipinski definition) is 3. The fraction of sp³-hybridized carbons (Fsp3) is 0.407. The molecule has 2 aliphatic rings. The van der Waals surface area contributed by atoms with Crippen LogP contribution in [0.1, 0.15) is 78.8 Å². The number of anilines is 1. The summed E-state index contributed by atoms with van der Waals surface area (Å²) in [7, 11) is 0. The first kappa shape index (κ1) is 19.9. The smallest absolute Gasteiger partial charge is 0.195 e. The summed E-state index contributed by atoms with van der Waals surface area (Å²) < 4.78 is 0. The standard InChI is InChI=1S/C27H29N3O/c1-5-18-13-20-21(14-23(18)30-10-8-16(2)9-11-30)27(3,4)26-24(25(20)31)19-7-6-17(15-28)12-22(19)29-26/h6-7,12-14,16,29H,5,8-11H2,1-4H3. The molecule has 3 aromatic rings. The van der Waals surface area contributed by atoms with Gasteiger partial charge in [0.25, 0.3) is 0 Å². The Labute approximate surface area is 183 Å². The zero-order valence-corrected chi connectivity index (χ0v) is 18.8. The molecule has 0 amide bonds. The number of rotatable bonds is 2. The van der Waals surface area contributed by atoms with Gasteiger partial charge in [0, 0.05) is 46.4 Å². The van der Waals surface area contributed by atoms with Gasteiger partial charge in [0.1, 0.15) is 0 Å². The summed E-state index contributed by atoms with van der Waals surface area (Å²) in [6.07, 6.45) is 3.35. The Morgan fingerprint density at radius 3 is 2.61 bits per heavy atom. The molecule has 1 aromatic heterocycles. The summed E-state index contributed by atoms with van der Waals surface area (Å²) in [6, 6.07) is 12.2. The molecule has 4 heteroatoms. The monoisotopic (exact) mass is 411 g/mol. The quantitative estimate of drug-likeness (QED) is 0.588. The zero-order valence-electron chi connectivity index (χ0n) is 18.8. The fourth-order valence-electron chi connectivity index (χ4n) is 5.41. The number of nitrogens with zero attached hydrogens (tertiary/aromatic N) is 2. The summed E-state index contributed by atoms with van der Waals surface area (Å²) in [6.45, 7) is 11.1. The van der Waals surface area contributed by atoms with Crippen molar-refractivity contribution in [1.29, 1.82) is 5.26 Å². The molecule has 0 unspecified atom stereocenters. The number of carbonyl (C=O) groups excluding carboxylic acids is 1. The lowest BCUT2D eigenvalue weighted by Crippen LogP contribution is -2.35. The van der Waals surface area contributed by atoms with E-state index in [-0.39, 0.29) is 11.2 Å². The van der Waals surface area contributed by atoms with E-state index in [1.807, 2.05) is 12.1 Å². The van der Waals surface area contributed by atoms with E-state index in [0.29, 0.717) is 5.56 Å². The Hall–Kier alpha value is -3.06. The summed E-state index contributed by atoms with van der Waals surface area (Å²) in [4.78, 5) is 19.7. The number of ketones is 1. The van der Waals surface area contributed by atoms with Gasteiger partial charge in [-0.1, -0.05) is 33.8 Å². The lowest BCUT2D eigenvalue weighted by Gasteiger charge is -2.37. The lowest BCUT2D eigenvalue weighted by molar-refractivity contribution is 0.103. The molecule has 5 rings (SSSR count). The van der Waals surface area contributed by atoms with Crippen LogP contribution < -0.4 is 4.90 Å². The first-order valence-corrected chi connectivity index (χ1v) is 11.4. The van der Waals surface area contributed by atoms with E-state index < -0.39 is 0 Å². The summed E-state index contributed by atoms with van der Waals surface area (Å²) in [5.41, 5.74) is 7.33. The van der Waals surface area contributed by atoms with Crippen molar-refractivity contribution < 1.29 is 4.79 Å². The summed E-state index contributed by atoms with van der Waals surface area (Å²) in [5.74, 6) is 0.873. The third-order valence-corrected chi connectivity index (χ3v) is 7.42. The van der Waals surface area contributed by atoms with Gasteiger partial charge in [-0.2, -0.15) is 5.26 Å². The highest BCUT2D eigenvalue weighted by atomic mass is 16.1. The van der Waals surface area contributed by atoms with Crippen LogP contribution in [0.25, 0.3) is 10.9 Å². The second-order valence-corrected chi connectivity index (χ2v) is 9.75. The van der Waals surface area contributed by atoms with Gasteiger partial charge in [-0.3, -0.25) is 4.79 Å². The van der Waals surface area contributed by atoms with Gasteiger partial charge >= 0.3 is 0 Å². The number of hydrogen-bond donors (Lipinski definition) is 1. The molecule has 2 aromatic carbocycles. The van der Waals surface area contributed by atoms with Gasteiger partial charge < -0.3 is 9.88 Å². The average Bonchev–Trinajstić information content (AvgIpc) is 3.17. The van der Waals surface area contributed by atoms with E-state index in [2.05, 4.69) is 55.8 Å². The minimum absolute atomic E-state index is 0.0915. The number of fused-ring (bicyclic) bond motifs is 4. The molecule has 1 fully saturated rings. The van der Waals surface area contributed by atoms with Crippen molar-refractivity contribution in [2.24, 2.45) is 5.92 Å². The van der Waals surface area contributed by atoms with Gasteiger partial charge in [-0.25, -0.2) is 0 Å². The number of aromatic amines is 1. The van der Waals surface area contributed by atoms with Crippen molar-refractivity contribution in [3.05, 3.63) is 63.8 Å². The number of aromatic nitrogens is 1. The predicted molar refractivity (Wildman–Crippen MR) is 125 cm³/mol. The predicted octanol–water partition coefficient (Wildman–Crippen LogP) is 5.71. The maximum Gasteiger partial charge on any atom is 0.195 e. The normalized spacial score (nSPS) is 18.0. The van der Waals surface area contributed by atoms with Gasteiger partial charge in [0.05, 0.1) is 17.2 Å². The molecule has 0 atom stereocenters. The zero-order chi connectivity index (χ0) is 21.9. The second kappa shape index (κ2) is 6.99. The minimum Gasteiger partial charge on any atom is -0.371 e. The highest BCUT2D eigenvalue weighted by molar-refractivity contribution is 6.20. The Balaban J connectivity index is 1.70. The first-order valence-electron chi connectivity index (χ1n) is 11.4. The van der Waals surface area contributed by atoms with Crippen molar-refractivity contribution in [3.63, 3.8) is 0 Å². The number of nitrogens with one attached hydrogen (secondary N) is 1. The van der Waals surface area contributed by atoms with E-state index in [4.69, 9.17) is 0 Å². The van der Waals surface area contributed by atoms with Crippen molar-refractivity contribution in [3.8, 4) is 6.07 Å². The molecule has 1 aliphatic heterocycles. The van der Waals surface area contributed by atoms with Crippen molar-refractivity contribution >= 4 is 22.4 Å². The number of carbonyl (C=O) groups is 1. The van der Waals surface area contributed by atoms with Crippen LogP contribution in [0, 0.1) is 17.2 Å². The van der Waals surface area contributed by atoms with Crippen LogP contribution in [0.5, 0.6) is 0 Å². The van der Waals surface area contributed by atoms with Crippen molar-refractivity contribution in [2.45, 2.75) is 52.4 Å². The molecule has 0 radical (unpaired) electrons. The Kier molecular flexibility index (Phi) is 4.48. The number of piperidine rings is 1. The van der Waals surface area contributed by atoms with Crippen LogP contribution in [-0.4, -0.2) is 23.9 Å². The van der Waals surface area contributed by atoms with E-state index in [0.717, 1.165) is 58.7 Å². The van der Waals surface area contributed by atoms with Crippen molar-refractivity contribution in [2.75, 3.05) is 18.0 Å². The maximum atomic E-state index is 13.7. The van der Waals surface area contributed by atoms with Gasteiger partial charge in [0.2, 0.25) is 0 Å². The average molecular weight is 412 g/mol. The van der Waals surface area contributed by atoms with E-state index in [1.165, 1.54) is 24.1 Å². The Bertz CT molecular complexity index is 1250. The summed E-state index contributed by atoms with van der Waals surface area (Å²) >= 11 is 0. The molecule has 0 spiro atoms. The molecule has 31 heavy (non-hydrogen) atoms. The molecule has 1 aliphatic carbocycles. The van der Waals surface area contributed by atoms with E-state index in [1.54, 1.807) is 6.07 Å². The van der Waals surface area contributed by atoms with E-state index >= 15 is 0 Å². The van der Waals surface area contributed by atoms with Gasteiger partial charge in [0.15, 0.2) is 5.78 Å². The van der Waals surface area contributed by atoms with Gasteiger partial charge in [-0.05, 0) is 60.6 Å². The molecule has 2 heterocycles. The third kappa shape index (κ3) is 2.91.